The number of anilines is 2. The highest BCUT2D eigenvalue weighted by atomic mass is 32.2. The fourth-order valence-corrected chi connectivity index (χ4v) is 5.34. The number of aryl methyl sites for hydroxylation is 2. The SMILES string of the molecule is COc1ccccc1NS(=O)(=O)c1cc(NC(=O)c2cc(C)n(C3CC3)c2C)ccc1C. The summed E-state index contributed by atoms with van der Waals surface area (Å²) in [6.07, 6.45) is 2.27. The molecule has 7 nitrogen and oxygen atoms in total. The molecule has 1 amide bonds. The molecule has 1 heterocycles. The number of nitrogens with zero attached hydrogens (tertiary/aromatic N) is 1. The molecule has 168 valence electrons. The first-order valence-electron chi connectivity index (χ1n) is 10.5. The zero-order valence-corrected chi connectivity index (χ0v) is 19.4. The molecule has 0 radical (unpaired) electrons. The third kappa shape index (κ3) is 4.23. The van der Waals surface area contributed by atoms with Gasteiger partial charge in [0.2, 0.25) is 0 Å². The lowest BCUT2D eigenvalue weighted by atomic mass is 10.2. The van der Waals surface area contributed by atoms with E-state index in [1.165, 1.54) is 13.2 Å². The van der Waals surface area contributed by atoms with Crippen molar-refractivity contribution >= 4 is 27.3 Å². The van der Waals surface area contributed by atoms with Gasteiger partial charge < -0.3 is 14.6 Å². The second-order valence-corrected chi connectivity index (χ2v) is 9.78. The molecule has 0 unspecified atom stereocenters. The van der Waals surface area contributed by atoms with Gasteiger partial charge >= 0.3 is 0 Å². The first-order chi connectivity index (χ1) is 15.2. The summed E-state index contributed by atoms with van der Waals surface area (Å²) < 4.78 is 36.2. The summed E-state index contributed by atoms with van der Waals surface area (Å²) in [6, 6.07) is 14.0. The van der Waals surface area contributed by atoms with Crippen molar-refractivity contribution in [3.05, 3.63) is 71.0 Å². The van der Waals surface area contributed by atoms with E-state index in [0.717, 1.165) is 24.2 Å². The van der Waals surface area contributed by atoms with E-state index < -0.39 is 10.0 Å². The molecule has 1 saturated carbocycles. The van der Waals surface area contributed by atoms with Crippen molar-refractivity contribution in [2.45, 2.75) is 44.6 Å². The number of hydrogen-bond donors (Lipinski definition) is 2. The van der Waals surface area contributed by atoms with E-state index in [0.29, 0.717) is 34.3 Å². The highest BCUT2D eigenvalue weighted by Crippen LogP contribution is 2.38. The molecule has 0 aliphatic heterocycles. The fraction of sp³-hybridized carbons (Fsp3) is 0.292. The van der Waals surface area contributed by atoms with Crippen LogP contribution in [0, 0.1) is 20.8 Å². The van der Waals surface area contributed by atoms with Crippen LogP contribution >= 0.6 is 0 Å². The molecule has 2 aromatic carbocycles. The Morgan fingerprint density at radius 3 is 2.47 bits per heavy atom. The standard InChI is InChI=1S/C24H27N3O4S/c1-15-9-10-18(25-24(28)20-13-16(2)27(17(20)3)19-11-12-19)14-23(15)32(29,30)26-21-7-5-6-8-22(21)31-4/h5-10,13-14,19,26H,11-12H2,1-4H3,(H,25,28). The van der Waals surface area contributed by atoms with Crippen molar-refractivity contribution in [2.75, 3.05) is 17.1 Å². The van der Waals surface area contributed by atoms with Crippen LogP contribution in [0.4, 0.5) is 11.4 Å². The van der Waals surface area contributed by atoms with E-state index in [4.69, 9.17) is 4.74 Å². The van der Waals surface area contributed by atoms with Gasteiger partial charge in [-0.15, -0.1) is 0 Å². The van der Waals surface area contributed by atoms with Gasteiger partial charge in [-0.3, -0.25) is 9.52 Å². The van der Waals surface area contributed by atoms with Gasteiger partial charge in [0.1, 0.15) is 5.75 Å². The maximum absolute atomic E-state index is 13.1. The molecule has 32 heavy (non-hydrogen) atoms. The van der Waals surface area contributed by atoms with E-state index in [1.807, 2.05) is 19.9 Å². The maximum Gasteiger partial charge on any atom is 0.262 e. The molecule has 1 aromatic heterocycles. The van der Waals surface area contributed by atoms with Crippen LogP contribution in [0.15, 0.2) is 53.4 Å². The lowest BCUT2D eigenvalue weighted by molar-refractivity contribution is 0.102. The fourth-order valence-electron chi connectivity index (χ4n) is 4.00. The van der Waals surface area contributed by atoms with Crippen molar-refractivity contribution in [3.8, 4) is 5.75 Å². The van der Waals surface area contributed by atoms with Crippen LogP contribution in [-0.4, -0.2) is 26.0 Å². The molecule has 0 atom stereocenters. The number of sulfonamides is 1. The van der Waals surface area contributed by atoms with Crippen molar-refractivity contribution in [2.24, 2.45) is 0 Å². The number of benzene rings is 2. The summed E-state index contributed by atoms with van der Waals surface area (Å²) >= 11 is 0. The molecule has 0 bridgehead atoms. The molecular weight excluding hydrogens is 426 g/mol. The molecular formula is C24H27N3O4S. The molecule has 1 aliphatic rings. The Kier molecular flexibility index (Phi) is 5.73. The third-order valence-corrected chi connectivity index (χ3v) is 7.24. The van der Waals surface area contributed by atoms with Crippen molar-refractivity contribution in [3.63, 3.8) is 0 Å². The first-order valence-corrected chi connectivity index (χ1v) is 12.0. The first kappa shape index (κ1) is 22.0. The van der Waals surface area contributed by atoms with E-state index in [1.54, 1.807) is 43.3 Å². The predicted octanol–water partition coefficient (Wildman–Crippen LogP) is 4.81. The number of hydrogen-bond acceptors (Lipinski definition) is 4. The van der Waals surface area contributed by atoms with Crippen LogP contribution < -0.4 is 14.8 Å². The number of carbonyl (C=O) groups is 1. The Morgan fingerprint density at radius 2 is 1.78 bits per heavy atom. The Hall–Kier alpha value is -3.26. The number of aromatic nitrogens is 1. The summed E-state index contributed by atoms with van der Waals surface area (Å²) in [7, 11) is -2.42. The zero-order valence-electron chi connectivity index (χ0n) is 18.6. The Bertz CT molecular complexity index is 1290. The maximum atomic E-state index is 13.1. The number of methoxy groups -OCH3 is 1. The van der Waals surface area contributed by atoms with Crippen LogP contribution in [-0.2, 0) is 10.0 Å². The number of amides is 1. The minimum atomic E-state index is -3.90. The van der Waals surface area contributed by atoms with Crippen LogP contribution in [0.5, 0.6) is 5.75 Å². The van der Waals surface area contributed by atoms with E-state index in [9.17, 15) is 13.2 Å². The Balaban J connectivity index is 1.60. The molecule has 1 fully saturated rings. The van der Waals surface area contributed by atoms with Crippen molar-refractivity contribution in [1.29, 1.82) is 0 Å². The van der Waals surface area contributed by atoms with Gasteiger partial charge in [0, 0.05) is 23.1 Å². The zero-order chi connectivity index (χ0) is 23.0. The van der Waals surface area contributed by atoms with E-state index in [-0.39, 0.29) is 10.8 Å². The molecule has 0 spiro atoms. The molecule has 1 aliphatic carbocycles. The summed E-state index contributed by atoms with van der Waals surface area (Å²) in [4.78, 5) is 13.0. The normalized spacial score (nSPS) is 13.6. The summed E-state index contributed by atoms with van der Waals surface area (Å²) in [5.74, 6) is 0.166. The monoisotopic (exact) mass is 453 g/mol. The van der Waals surface area contributed by atoms with E-state index >= 15 is 0 Å². The molecule has 2 N–H and O–H groups in total. The Morgan fingerprint density at radius 1 is 1.06 bits per heavy atom. The van der Waals surface area contributed by atoms with Crippen molar-refractivity contribution < 1.29 is 17.9 Å². The average molecular weight is 454 g/mol. The molecule has 0 saturated heterocycles. The smallest absolute Gasteiger partial charge is 0.262 e. The highest BCUT2D eigenvalue weighted by molar-refractivity contribution is 7.92. The number of ether oxygens (including phenoxy) is 1. The molecule has 4 rings (SSSR count). The van der Waals surface area contributed by atoms with Crippen LogP contribution in [0.25, 0.3) is 0 Å². The molecule has 8 heteroatoms. The summed E-state index contributed by atoms with van der Waals surface area (Å²) in [5.41, 5.74) is 3.92. The minimum absolute atomic E-state index is 0.0876. The largest absolute Gasteiger partial charge is 0.495 e. The van der Waals surface area contributed by atoms with Gasteiger partial charge in [-0.1, -0.05) is 18.2 Å². The second-order valence-electron chi connectivity index (χ2n) is 8.13. The quantitative estimate of drug-likeness (QED) is 0.537. The van der Waals surface area contributed by atoms with E-state index in [2.05, 4.69) is 14.6 Å². The van der Waals surface area contributed by atoms with Crippen LogP contribution in [0.1, 0.15) is 46.2 Å². The van der Waals surface area contributed by atoms with Crippen LogP contribution in [0.3, 0.4) is 0 Å². The van der Waals surface area contributed by atoms with Gasteiger partial charge in [-0.2, -0.15) is 0 Å². The number of para-hydroxylation sites is 2. The molecule has 3 aromatic rings. The van der Waals surface area contributed by atoms with Gasteiger partial charge in [0.15, 0.2) is 0 Å². The van der Waals surface area contributed by atoms with Crippen LogP contribution in [0.2, 0.25) is 0 Å². The highest BCUT2D eigenvalue weighted by Gasteiger charge is 2.28. The minimum Gasteiger partial charge on any atom is -0.495 e. The average Bonchev–Trinajstić information content (AvgIpc) is 3.53. The number of nitrogens with one attached hydrogen (secondary N) is 2. The van der Waals surface area contributed by atoms with Gasteiger partial charge in [-0.25, -0.2) is 8.42 Å². The lowest BCUT2D eigenvalue weighted by Crippen LogP contribution is -2.17. The Labute approximate surface area is 188 Å². The van der Waals surface area contributed by atoms with Gasteiger partial charge in [0.05, 0.1) is 23.3 Å². The number of carbonyl (C=O) groups excluding carboxylic acids is 1. The lowest BCUT2D eigenvalue weighted by Gasteiger charge is -2.14. The number of rotatable bonds is 7. The van der Waals surface area contributed by atoms with Crippen molar-refractivity contribution in [1.82, 2.24) is 4.57 Å². The summed E-state index contributed by atoms with van der Waals surface area (Å²) in [6.45, 7) is 5.66. The summed E-state index contributed by atoms with van der Waals surface area (Å²) in [5, 5.41) is 2.86. The predicted molar refractivity (Wildman–Crippen MR) is 125 cm³/mol. The van der Waals surface area contributed by atoms with Gasteiger partial charge in [0.25, 0.3) is 15.9 Å². The van der Waals surface area contributed by atoms with Gasteiger partial charge in [-0.05, 0) is 69.5 Å². The second kappa shape index (κ2) is 8.35. The topological polar surface area (TPSA) is 89.4 Å². The third-order valence-electron chi connectivity index (χ3n) is 5.73.